The van der Waals surface area contributed by atoms with Crippen LogP contribution in [0.1, 0.15) is 10.5 Å². The van der Waals surface area contributed by atoms with Crippen LogP contribution in [0.3, 0.4) is 0 Å². The molecule has 0 aliphatic carbocycles. The van der Waals surface area contributed by atoms with Gasteiger partial charge in [0.25, 0.3) is 5.91 Å². The SMILES string of the molecule is COc1ccc(NC(=O)c2cc(Nc3cccc(Cl)c3)ccn2)cc1OC. The number of pyridine rings is 1. The number of nitrogens with zero attached hydrogens (tertiary/aromatic N) is 1. The second-order valence-corrected chi connectivity index (χ2v) is 6.03. The average molecular weight is 384 g/mol. The van der Waals surface area contributed by atoms with E-state index in [4.69, 9.17) is 21.1 Å². The summed E-state index contributed by atoms with van der Waals surface area (Å²) in [6.07, 6.45) is 1.57. The first-order valence-corrected chi connectivity index (χ1v) is 8.49. The summed E-state index contributed by atoms with van der Waals surface area (Å²) in [7, 11) is 3.09. The minimum absolute atomic E-state index is 0.275. The Balaban J connectivity index is 1.75. The van der Waals surface area contributed by atoms with Crippen molar-refractivity contribution in [3.63, 3.8) is 0 Å². The van der Waals surface area contributed by atoms with Crippen LogP contribution >= 0.6 is 11.6 Å². The summed E-state index contributed by atoms with van der Waals surface area (Å²) < 4.78 is 10.4. The number of halogens is 1. The summed E-state index contributed by atoms with van der Waals surface area (Å²) in [6.45, 7) is 0. The molecule has 1 aromatic heterocycles. The number of hydrogen-bond donors (Lipinski definition) is 2. The van der Waals surface area contributed by atoms with Gasteiger partial charge in [-0.05, 0) is 42.5 Å². The second-order valence-electron chi connectivity index (χ2n) is 5.59. The van der Waals surface area contributed by atoms with E-state index in [2.05, 4.69) is 15.6 Å². The van der Waals surface area contributed by atoms with Gasteiger partial charge in [-0.3, -0.25) is 9.78 Å². The number of benzene rings is 2. The molecule has 3 rings (SSSR count). The van der Waals surface area contributed by atoms with E-state index in [1.807, 2.05) is 12.1 Å². The first-order valence-electron chi connectivity index (χ1n) is 8.11. The van der Waals surface area contributed by atoms with Crippen molar-refractivity contribution in [1.82, 2.24) is 4.98 Å². The lowest BCUT2D eigenvalue weighted by atomic mass is 10.2. The van der Waals surface area contributed by atoms with Crippen molar-refractivity contribution in [2.75, 3.05) is 24.9 Å². The minimum Gasteiger partial charge on any atom is -0.493 e. The molecule has 0 aliphatic rings. The summed E-state index contributed by atoms with van der Waals surface area (Å²) >= 11 is 5.99. The number of rotatable bonds is 6. The molecule has 7 heteroatoms. The van der Waals surface area contributed by atoms with Gasteiger partial charge in [-0.15, -0.1) is 0 Å². The number of anilines is 3. The van der Waals surface area contributed by atoms with Gasteiger partial charge in [0.2, 0.25) is 0 Å². The van der Waals surface area contributed by atoms with Crippen LogP contribution in [-0.2, 0) is 0 Å². The normalized spacial score (nSPS) is 10.2. The summed E-state index contributed by atoms with van der Waals surface area (Å²) in [6, 6.07) is 15.9. The van der Waals surface area contributed by atoms with Crippen molar-refractivity contribution in [3.05, 3.63) is 71.5 Å². The highest BCUT2D eigenvalue weighted by molar-refractivity contribution is 6.30. The molecule has 138 valence electrons. The molecule has 27 heavy (non-hydrogen) atoms. The summed E-state index contributed by atoms with van der Waals surface area (Å²) in [5, 5.41) is 6.62. The zero-order chi connectivity index (χ0) is 19.2. The predicted octanol–water partition coefficient (Wildman–Crippen LogP) is 4.75. The topological polar surface area (TPSA) is 72.5 Å². The molecule has 0 saturated heterocycles. The van der Waals surface area contributed by atoms with Gasteiger partial charge < -0.3 is 20.1 Å². The molecule has 0 atom stereocenters. The molecule has 0 fully saturated rings. The van der Waals surface area contributed by atoms with E-state index in [0.717, 1.165) is 11.4 Å². The largest absolute Gasteiger partial charge is 0.493 e. The number of ether oxygens (including phenoxy) is 2. The Hall–Kier alpha value is -3.25. The summed E-state index contributed by atoms with van der Waals surface area (Å²) in [5.74, 6) is 0.776. The van der Waals surface area contributed by atoms with Crippen LogP contribution in [0.25, 0.3) is 0 Å². The molecule has 1 amide bonds. The summed E-state index contributed by atoms with van der Waals surface area (Å²) in [4.78, 5) is 16.7. The Morgan fingerprint density at radius 1 is 0.926 bits per heavy atom. The lowest BCUT2D eigenvalue weighted by Crippen LogP contribution is -2.14. The van der Waals surface area contributed by atoms with Crippen molar-refractivity contribution < 1.29 is 14.3 Å². The van der Waals surface area contributed by atoms with Crippen LogP contribution in [0, 0.1) is 0 Å². The molecule has 2 N–H and O–H groups in total. The van der Waals surface area contributed by atoms with Crippen LogP contribution in [0.5, 0.6) is 11.5 Å². The number of aromatic nitrogens is 1. The van der Waals surface area contributed by atoms with Crippen molar-refractivity contribution in [1.29, 1.82) is 0 Å². The highest BCUT2D eigenvalue weighted by Crippen LogP contribution is 2.30. The van der Waals surface area contributed by atoms with Gasteiger partial charge in [0, 0.05) is 34.3 Å². The van der Waals surface area contributed by atoms with Crippen LogP contribution in [0.4, 0.5) is 17.1 Å². The predicted molar refractivity (Wildman–Crippen MR) is 106 cm³/mol. The number of amides is 1. The monoisotopic (exact) mass is 383 g/mol. The van der Waals surface area contributed by atoms with Crippen LogP contribution in [0.15, 0.2) is 60.8 Å². The maximum atomic E-state index is 12.5. The van der Waals surface area contributed by atoms with Crippen molar-refractivity contribution in [2.24, 2.45) is 0 Å². The fourth-order valence-electron chi connectivity index (χ4n) is 2.47. The van der Waals surface area contributed by atoms with Crippen molar-refractivity contribution >= 4 is 34.6 Å². The van der Waals surface area contributed by atoms with Crippen LogP contribution in [-0.4, -0.2) is 25.1 Å². The third-order valence-corrected chi connectivity index (χ3v) is 3.98. The number of methoxy groups -OCH3 is 2. The molecule has 2 aromatic carbocycles. The smallest absolute Gasteiger partial charge is 0.274 e. The average Bonchev–Trinajstić information content (AvgIpc) is 2.68. The maximum Gasteiger partial charge on any atom is 0.274 e. The van der Waals surface area contributed by atoms with Crippen LogP contribution < -0.4 is 20.1 Å². The molecular weight excluding hydrogens is 366 g/mol. The third-order valence-electron chi connectivity index (χ3n) is 3.75. The fraction of sp³-hybridized carbons (Fsp3) is 0.100. The quantitative estimate of drug-likeness (QED) is 0.642. The zero-order valence-electron chi connectivity index (χ0n) is 14.8. The molecule has 0 unspecified atom stereocenters. The second kappa shape index (κ2) is 8.42. The third kappa shape index (κ3) is 4.68. The van der Waals surface area contributed by atoms with Crippen molar-refractivity contribution in [2.45, 2.75) is 0 Å². The molecule has 1 heterocycles. The van der Waals surface area contributed by atoms with Gasteiger partial charge in [0.1, 0.15) is 5.69 Å². The molecule has 0 aliphatic heterocycles. The van der Waals surface area contributed by atoms with Crippen molar-refractivity contribution in [3.8, 4) is 11.5 Å². The number of carbonyl (C=O) groups is 1. The molecule has 0 spiro atoms. The Morgan fingerprint density at radius 2 is 1.70 bits per heavy atom. The molecule has 3 aromatic rings. The minimum atomic E-state index is -0.336. The molecule has 0 saturated carbocycles. The summed E-state index contributed by atoms with van der Waals surface area (Å²) in [5.41, 5.74) is 2.40. The van der Waals surface area contributed by atoms with E-state index in [9.17, 15) is 4.79 Å². The molecular formula is C20H18ClN3O3. The first kappa shape index (κ1) is 18.5. The van der Waals surface area contributed by atoms with Crippen LogP contribution in [0.2, 0.25) is 5.02 Å². The maximum absolute atomic E-state index is 12.5. The van der Waals surface area contributed by atoms with Gasteiger partial charge in [-0.1, -0.05) is 17.7 Å². The highest BCUT2D eigenvalue weighted by Gasteiger charge is 2.11. The molecule has 6 nitrogen and oxygen atoms in total. The van der Waals surface area contributed by atoms with Gasteiger partial charge in [0.15, 0.2) is 11.5 Å². The Bertz CT molecular complexity index is 963. The number of carbonyl (C=O) groups excluding carboxylic acids is 1. The van der Waals surface area contributed by atoms with E-state index < -0.39 is 0 Å². The van der Waals surface area contributed by atoms with E-state index in [1.54, 1.807) is 55.8 Å². The number of nitrogens with one attached hydrogen (secondary N) is 2. The standard InChI is InChI=1S/C20H18ClN3O3/c1-26-18-7-6-15(12-19(18)27-2)24-20(25)17-11-16(8-9-22-17)23-14-5-3-4-13(21)10-14/h3-12H,1-2H3,(H,22,23)(H,24,25). The van der Waals surface area contributed by atoms with Gasteiger partial charge in [-0.25, -0.2) is 0 Å². The Labute approximate surface area is 162 Å². The van der Waals surface area contributed by atoms with Gasteiger partial charge >= 0.3 is 0 Å². The lowest BCUT2D eigenvalue weighted by molar-refractivity contribution is 0.102. The number of hydrogen-bond acceptors (Lipinski definition) is 5. The fourth-order valence-corrected chi connectivity index (χ4v) is 2.66. The molecule has 0 bridgehead atoms. The Kier molecular flexibility index (Phi) is 5.78. The zero-order valence-corrected chi connectivity index (χ0v) is 15.6. The van der Waals surface area contributed by atoms with E-state index in [1.165, 1.54) is 7.11 Å². The lowest BCUT2D eigenvalue weighted by Gasteiger charge is -2.11. The highest BCUT2D eigenvalue weighted by atomic mass is 35.5. The van der Waals surface area contributed by atoms with E-state index >= 15 is 0 Å². The van der Waals surface area contributed by atoms with E-state index in [0.29, 0.717) is 22.2 Å². The molecule has 0 radical (unpaired) electrons. The first-order chi connectivity index (χ1) is 13.1. The van der Waals surface area contributed by atoms with Gasteiger partial charge in [0.05, 0.1) is 14.2 Å². The van der Waals surface area contributed by atoms with Gasteiger partial charge in [-0.2, -0.15) is 0 Å². The van der Waals surface area contributed by atoms with E-state index in [-0.39, 0.29) is 11.6 Å². The Morgan fingerprint density at radius 3 is 2.44 bits per heavy atom.